The molecule has 0 N–H and O–H groups in total. The maximum Gasteiger partial charge on any atom is 0.0914 e. The summed E-state index contributed by atoms with van der Waals surface area (Å²) in [6.07, 6.45) is 5.79. The maximum absolute atomic E-state index is 6.09. The zero-order valence-corrected chi connectivity index (χ0v) is 12.7. The topological polar surface area (TPSA) is 9.23 Å². The summed E-state index contributed by atoms with van der Waals surface area (Å²) in [5.41, 5.74) is 2.64. The molecule has 1 atom stereocenters. The van der Waals surface area contributed by atoms with Crippen molar-refractivity contribution in [2.75, 3.05) is 11.0 Å². The van der Waals surface area contributed by atoms with Gasteiger partial charge in [0.05, 0.1) is 12.7 Å². The molecule has 0 aliphatic heterocycles. The van der Waals surface area contributed by atoms with Crippen LogP contribution in [0.1, 0.15) is 42.9 Å². The van der Waals surface area contributed by atoms with Gasteiger partial charge in [0.2, 0.25) is 0 Å². The van der Waals surface area contributed by atoms with Crippen LogP contribution in [0.25, 0.3) is 0 Å². The van der Waals surface area contributed by atoms with Crippen LogP contribution in [0, 0.1) is 12.8 Å². The van der Waals surface area contributed by atoms with Crippen LogP contribution in [0.4, 0.5) is 0 Å². The predicted molar refractivity (Wildman–Crippen MR) is 80.7 cm³/mol. The zero-order chi connectivity index (χ0) is 12.1. The zero-order valence-electron chi connectivity index (χ0n) is 10.5. The quantitative estimate of drug-likeness (QED) is 0.557. The number of benzene rings is 1. The third-order valence-electron chi connectivity index (χ3n) is 3.60. The van der Waals surface area contributed by atoms with E-state index in [1.807, 2.05) is 0 Å². The van der Waals surface area contributed by atoms with Gasteiger partial charge in [0, 0.05) is 4.43 Å². The lowest BCUT2D eigenvalue weighted by atomic mass is 10.1. The van der Waals surface area contributed by atoms with E-state index in [0.717, 1.165) is 17.0 Å². The molecule has 0 bridgehead atoms. The molecule has 1 nitrogen and oxygen atoms in total. The van der Waals surface area contributed by atoms with Crippen molar-refractivity contribution >= 4 is 22.6 Å². The standard InChI is InChI=1S/C15H21IO/c1-12-6-8-14(9-7-12)15(10-16)17-11-13-4-2-3-5-13/h6-9,13,15H,2-5,10-11H2,1H3. The van der Waals surface area contributed by atoms with Crippen molar-refractivity contribution < 1.29 is 4.74 Å². The summed E-state index contributed by atoms with van der Waals surface area (Å²) in [7, 11) is 0. The van der Waals surface area contributed by atoms with E-state index in [4.69, 9.17) is 4.74 Å². The van der Waals surface area contributed by atoms with Gasteiger partial charge in [0.15, 0.2) is 0 Å². The molecule has 0 amide bonds. The van der Waals surface area contributed by atoms with Crippen molar-refractivity contribution in [2.45, 2.75) is 38.7 Å². The van der Waals surface area contributed by atoms with Crippen molar-refractivity contribution in [3.63, 3.8) is 0 Å². The highest BCUT2D eigenvalue weighted by molar-refractivity contribution is 14.1. The van der Waals surface area contributed by atoms with Crippen LogP contribution in [0.3, 0.4) is 0 Å². The Labute approximate surface area is 118 Å². The second kappa shape index (κ2) is 6.74. The number of hydrogen-bond acceptors (Lipinski definition) is 1. The van der Waals surface area contributed by atoms with Crippen molar-refractivity contribution in [1.82, 2.24) is 0 Å². The van der Waals surface area contributed by atoms with Crippen LogP contribution in [-0.2, 0) is 4.74 Å². The Morgan fingerprint density at radius 2 is 1.88 bits per heavy atom. The lowest BCUT2D eigenvalue weighted by Crippen LogP contribution is -2.12. The molecule has 94 valence electrons. The van der Waals surface area contributed by atoms with Crippen LogP contribution in [-0.4, -0.2) is 11.0 Å². The highest BCUT2D eigenvalue weighted by atomic mass is 127. The van der Waals surface area contributed by atoms with E-state index in [2.05, 4.69) is 53.8 Å². The van der Waals surface area contributed by atoms with E-state index >= 15 is 0 Å². The lowest BCUT2D eigenvalue weighted by Gasteiger charge is -2.18. The first kappa shape index (κ1) is 13.3. The Morgan fingerprint density at radius 1 is 1.24 bits per heavy atom. The Morgan fingerprint density at radius 3 is 2.47 bits per heavy atom. The average molecular weight is 344 g/mol. The van der Waals surface area contributed by atoms with Crippen molar-refractivity contribution in [1.29, 1.82) is 0 Å². The fourth-order valence-electron chi connectivity index (χ4n) is 2.44. The van der Waals surface area contributed by atoms with Crippen LogP contribution in [0.15, 0.2) is 24.3 Å². The van der Waals surface area contributed by atoms with Crippen molar-refractivity contribution in [2.24, 2.45) is 5.92 Å². The molecule has 1 aliphatic rings. The molecule has 1 unspecified atom stereocenters. The number of halogens is 1. The molecule has 0 radical (unpaired) electrons. The van der Waals surface area contributed by atoms with E-state index < -0.39 is 0 Å². The third kappa shape index (κ3) is 3.95. The number of rotatable bonds is 5. The first-order valence-electron chi connectivity index (χ1n) is 6.53. The monoisotopic (exact) mass is 344 g/mol. The Balaban J connectivity index is 1.89. The summed E-state index contributed by atoms with van der Waals surface area (Å²) in [4.78, 5) is 0. The lowest BCUT2D eigenvalue weighted by molar-refractivity contribution is 0.0454. The number of hydrogen-bond donors (Lipinski definition) is 0. The fraction of sp³-hybridized carbons (Fsp3) is 0.600. The predicted octanol–water partition coefficient (Wildman–Crippen LogP) is 4.68. The molecule has 0 aromatic heterocycles. The van der Waals surface area contributed by atoms with Gasteiger partial charge in [-0.05, 0) is 31.2 Å². The van der Waals surface area contributed by atoms with Crippen LogP contribution < -0.4 is 0 Å². The summed E-state index contributed by atoms with van der Waals surface area (Å²) in [5, 5.41) is 0. The second-order valence-corrected chi connectivity index (χ2v) is 5.92. The molecule has 17 heavy (non-hydrogen) atoms. The van der Waals surface area contributed by atoms with Crippen LogP contribution >= 0.6 is 22.6 Å². The molecule has 1 saturated carbocycles. The average Bonchev–Trinajstić information content (AvgIpc) is 2.85. The number of aryl methyl sites for hydroxylation is 1. The molecule has 2 heteroatoms. The summed E-state index contributed by atoms with van der Waals surface area (Å²) >= 11 is 2.42. The summed E-state index contributed by atoms with van der Waals surface area (Å²) in [6.45, 7) is 3.07. The van der Waals surface area contributed by atoms with E-state index in [9.17, 15) is 0 Å². The molecule has 1 aromatic rings. The van der Waals surface area contributed by atoms with Crippen LogP contribution in [0.2, 0.25) is 0 Å². The first-order valence-corrected chi connectivity index (χ1v) is 8.06. The van der Waals surface area contributed by atoms with Gasteiger partial charge >= 0.3 is 0 Å². The number of ether oxygens (including phenoxy) is 1. The summed E-state index contributed by atoms with van der Waals surface area (Å²) in [5.74, 6) is 0.811. The highest BCUT2D eigenvalue weighted by Crippen LogP contribution is 2.28. The first-order chi connectivity index (χ1) is 8.29. The fourth-order valence-corrected chi connectivity index (χ4v) is 3.20. The van der Waals surface area contributed by atoms with E-state index in [-0.39, 0.29) is 6.10 Å². The van der Waals surface area contributed by atoms with Crippen LogP contribution in [0.5, 0.6) is 0 Å². The van der Waals surface area contributed by atoms with E-state index in [0.29, 0.717) is 0 Å². The smallest absolute Gasteiger partial charge is 0.0914 e. The van der Waals surface area contributed by atoms with Gasteiger partial charge in [-0.15, -0.1) is 0 Å². The molecule has 0 heterocycles. The summed E-state index contributed by atoms with van der Waals surface area (Å²) in [6, 6.07) is 8.75. The summed E-state index contributed by atoms with van der Waals surface area (Å²) < 4.78 is 7.13. The SMILES string of the molecule is Cc1ccc(C(CI)OCC2CCCC2)cc1. The van der Waals surface area contributed by atoms with E-state index in [1.165, 1.54) is 36.8 Å². The highest BCUT2D eigenvalue weighted by Gasteiger charge is 2.18. The Kier molecular flexibility index (Phi) is 5.29. The van der Waals surface area contributed by atoms with Crippen molar-refractivity contribution in [3.8, 4) is 0 Å². The van der Waals surface area contributed by atoms with Crippen molar-refractivity contribution in [3.05, 3.63) is 35.4 Å². The number of alkyl halides is 1. The maximum atomic E-state index is 6.09. The second-order valence-electron chi connectivity index (χ2n) is 5.04. The largest absolute Gasteiger partial charge is 0.372 e. The Bertz CT molecular complexity index is 327. The molecule has 0 spiro atoms. The molecule has 1 aromatic carbocycles. The van der Waals surface area contributed by atoms with Gasteiger partial charge in [0.1, 0.15) is 0 Å². The molecule has 0 saturated heterocycles. The molecule has 2 rings (SSSR count). The van der Waals surface area contributed by atoms with Gasteiger partial charge in [0.25, 0.3) is 0 Å². The van der Waals surface area contributed by atoms with Gasteiger partial charge in [-0.3, -0.25) is 0 Å². The molecule has 1 fully saturated rings. The van der Waals surface area contributed by atoms with Gasteiger partial charge < -0.3 is 4.74 Å². The van der Waals surface area contributed by atoms with E-state index in [1.54, 1.807) is 0 Å². The minimum absolute atomic E-state index is 0.275. The molecular weight excluding hydrogens is 323 g/mol. The van der Waals surface area contributed by atoms with Gasteiger partial charge in [-0.25, -0.2) is 0 Å². The third-order valence-corrected chi connectivity index (χ3v) is 4.40. The molecule has 1 aliphatic carbocycles. The van der Waals surface area contributed by atoms with Gasteiger partial charge in [-0.2, -0.15) is 0 Å². The normalized spacial score (nSPS) is 18.5. The minimum atomic E-state index is 0.275. The molecular formula is C15H21IO. The Hall–Kier alpha value is -0.0900. The van der Waals surface area contributed by atoms with Gasteiger partial charge in [-0.1, -0.05) is 65.3 Å². The minimum Gasteiger partial charge on any atom is -0.372 e.